The Hall–Kier alpha value is -1.14. The fourth-order valence-corrected chi connectivity index (χ4v) is 2.39. The van der Waals surface area contributed by atoms with Gasteiger partial charge in [-0.2, -0.15) is 0 Å². The van der Waals surface area contributed by atoms with Gasteiger partial charge in [-0.3, -0.25) is 4.99 Å². The normalized spacial score (nSPS) is 12.5. The minimum atomic E-state index is -0.243. The van der Waals surface area contributed by atoms with Crippen molar-refractivity contribution in [3.05, 3.63) is 16.1 Å². The Morgan fingerprint density at radius 2 is 2.14 bits per heavy atom. The summed E-state index contributed by atoms with van der Waals surface area (Å²) in [6.07, 6.45) is 1.92. The Labute approximate surface area is 132 Å². The van der Waals surface area contributed by atoms with E-state index in [1.54, 1.807) is 18.4 Å². The molecule has 0 atom stereocenters. The summed E-state index contributed by atoms with van der Waals surface area (Å²) in [7, 11) is 1.71. The molecule has 1 aromatic rings. The smallest absolute Gasteiger partial charge is 0.191 e. The standard InChI is InChI=1S/C15H28N4OS/c1-6-13-19-12(10-21-13)8-9-17-14(16-7-2)18-11-15(3,4)20-5/h10H,6-9,11H2,1-5H3,(H2,16,17,18). The topological polar surface area (TPSA) is 58.5 Å². The number of ether oxygens (including phenoxy) is 1. The van der Waals surface area contributed by atoms with Crippen molar-refractivity contribution in [1.29, 1.82) is 0 Å². The zero-order valence-corrected chi connectivity index (χ0v) is 14.6. The molecule has 1 heterocycles. The maximum atomic E-state index is 5.38. The van der Waals surface area contributed by atoms with E-state index in [0.717, 1.165) is 37.6 Å². The highest BCUT2D eigenvalue weighted by atomic mass is 32.1. The van der Waals surface area contributed by atoms with E-state index in [2.05, 4.69) is 39.8 Å². The maximum absolute atomic E-state index is 5.38. The summed E-state index contributed by atoms with van der Waals surface area (Å²) in [5, 5.41) is 9.93. The van der Waals surface area contributed by atoms with Crippen molar-refractivity contribution in [2.45, 2.75) is 46.1 Å². The minimum Gasteiger partial charge on any atom is -0.377 e. The summed E-state index contributed by atoms with van der Waals surface area (Å²) >= 11 is 1.73. The van der Waals surface area contributed by atoms with E-state index < -0.39 is 0 Å². The second kappa shape index (κ2) is 9.00. The molecular weight excluding hydrogens is 284 g/mol. The van der Waals surface area contributed by atoms with Crippen LogP contribution in [0.4, 0.5) is 0 Å². The summed E-state index contributed by atoms with van der Waals surface area (Å²) in [6.45, 7) is 10.5. The fourth-order valence-electron chi connectivity index (χ4n) is 1.61. The highest BCUT2D eigenvalue weighted by Crippen LogP contribution is 2.10. The number of aryl methyl sites for hydroxylation is 1. The highest BCUT2D eigenvalue weighted by Gasteiger charge is 2.15. The predicted octanol–water partition coefficient (Wildman–Crippen LogP) is 2.23. The van der Waals surface area contributed by atoms with Gasteiger partial charge in [0.15, 0.2) is 5.96 Å². The molecule has 0 saturated carbocycles. The highest BCUT2D eigenvalue weighted by molar-refractivity contribution is 7.09. The number of aliphatic imine (C=N–C) groups is 1. The van der Waals surface area contributed by atoms with E-state index in [1.807, 2.05) is 13.8 Å². The molecule has 0 bridgehead atoms. The van der Waals surface area contributed by atoms with E-state index in [9.17, 15) is 0 Å². The summed E-state index contributed by atoms with van der Waals surface area (Å²) < 4.78 is 5.38. The van der Waals surface area contributed by atoms with Crippen molar-refractivity contribution in [3.8, 4) is 0 Å². The van der Waals surface area contributed by atoms with Gasteiger partial charge in [0.2, 0.25) is 0 Å². The number of hydrogen-bond donors (Lipinski definition) is 2. The first kappa shape index (κ1) is 17.9. The fraction of sp³-hybridized carbons (Fsp3) is 0.733. The van der Waals surface area contributed by atoms with E-state index >= 15 is 0 Å². The van der Waals surface area contributed by atoms with Crippen LogP contribution in [0.2, 0.25) is 0 Å². The molecule has 1 aromatic heterocycles. The number of rotatable bonds is 8. The number of methoxy groups -OCH3 is 1. The van der Waals surface area contributed by atoms with Gasteiger partial charge in [0, 0.05) is 32.0 Å². The minimum absolute atomic E-state index is 0.243. The van der Waals surface area contributed by atoms with Crippen molar-refractivity contribution in [2.75, 3.05) is 26.7 Å². The lowest BCUT2D eigenvalue weighted by Gasteiger charge is -2.21. The lowest BCUT2D eigenvalue weighted by Crippen LogP contribution is -2.40. The summed E-state index contributed by atoms with van der Waals surface area (Å²) in [5.74, 6) is 0.827. The molecule has 2 N–H and O–H groups in total. The van der Waals surface area contributed by atoms with Gasteiger partial charge in [0.25, 0.3) is 0 Å². The lowest BCUT2D eigenvalue weighted by molar-refractivity contribution is 0.0310. The van der Waals surface area contributed by atoms with Crippen LogP contribution in [0.25, 0.3) is 0 Å². The van der Waals surface area contributed by atoms with E-state index in [4.69, 9.17) is 4.74 Å². The van der Waals surface area contributed by atoms with Gasteiger partial charge in [-0.05, 0) is 27.2 Å². The average Bonchev–Trinajstić information content (AvgIpc) is 2.93. The molecule has 0 fully saturated rings. The number of aromatic nitrogens is 1. The molecule has 5 nitrogen and oxygen atoms in total. The largest absolute Gasteiger partial charge is 0.377 e. The second-order valence-electron chi connectivity index (χ2n) is 5.42. The molecule has 0 unspecified atom stereocenters. The first-order valence-corrected chi connectivity index (χ1v) is 8.39. The van der Waals surface area contributed by atoms with Gasteiger partial charge in [-0.25, -0.2) is 4.98 Å². The number of hydrogen-bond acceptors (Lipinski definition) is 4. The summed E-state index contributed by atoms with van der Waals surface area (Å²) in [5.41, 5.74) is 0.908. The van der Waals surface area contributed by atoms with Gasteiger partial charge in [-0.1, -0.05) is 6.92 Å². The molecule has 120 valence electrons. The Morgan fingerprint density at radius 3 is 2.71 bits per heavy atom. The molecule has 6 heteroatoms. The molecule has 0 spiro atoms. The molecule has 0 aromatic carbocycles. The lowest BCUT2D eigenvalue weighted by atomic mass is 10.1. The van der Waals surface area contributed by atoms with Crippen molar-refractivity contribution in [3.63, 3.8) is 0 Å². The Morgan fingerprint density at radius 1 is 1.38 bits per heavy atom. The number of nitrogens with zero attached hydrogens (tertiary/aromatic N) is 2. The second-order valence-corrected chi connectivity index (χ2v) is 6.36. The van der Waals surface area contributed by atoms with Crippen molar-refractivity contribution in [1.82, 2.24) is 15.6 Å². The predicted molar refractivity (Wildman–Crippen MR) is 90.3 cm³/mol. The molecule has 0 aliphatic rings. The van der Waals surface area contributed by atoms with Crippen LogP contribution >= 0.6 is 11.3 Å². The van der Waals surface area contributed by atoms with E-state index in [1.165, 1.54) is 5.01 Å². The molecule has 21 heavy (non-hydrogen) atoms. The van der Waals surface area contributed by atoms with Crippen LogP contribution in [0.1, 0.15) is 38.4 Å². The summed E-state index contributed by atoms with van der Waals surface area (Å²) in [6, 6.07) is 0. The van der Waals surface area contributed by atoms with Crippen LogP contribution in [0, 0.1) is 0 Å². The molecule has 1 rings (SSSR count). The monoisotopic (exact) mass is 312 g/mol. The SMILES string of the molecule is CCNC(=NCC(C)(C)OC)NCCc1csc(CC)n1. The zero-order chi connectivity index (χ0) is 15.7. The number of guanidine groups is 1. The van der Waals surface area contributed by atoms with Crippen LogP contribution < -0.4 is 10.6 Å². The third kappa shape index (κ3) is 6.91. The first-order chi connectivity index (χ1) is 10.0. The Bertz CT molecular complexity index is 443. The molecule has 0 radical (unpaired) electrons. The first-order valence-electron chi connectivity index (χ1n) is 7.51. The molecule has 0 aliphatic heterocycles. The Kier molecular flexibility index (Phi) is 7.67. The van der Waals surface area contributed by atoms with E-state index in [0.29, 0.717) is 6.54 Å². The quantitative estimate of drug-likeness (QED) is 0.571. The zero-order valence-electron chi connectivity index (χ0n) is 13.8. The summed E-state index contributed by atoms with van der Waals surface area (Å²) in [4.78, 5) is 9.13. The molecular formula is C15H28N4OS. The van der Waals surface area contributed by atoms with Crippen molar-refractivity contribution < 1.29 is 4.74 Å². The average molecular weight is 312 g/mol. The third-order valence-electron chi connectivity index (χ3n) is 3.09. The van der Waals surface area contributed by atoms with Crippen LogP contribution in [0.3, 0.4) is 0 Å². The van der Waals surface area contributed by atoms with Crippen LogP contribution in [0.15, 0.2) is 10.4 Å². The van der Waals surface area contributed by atoms with Gasteiger partial charge >= 0.3 is 0 Å². The third-order valence-corrected chi connectivity index (χ3v) is 4.13. The van der Waals surface area contributed by atoms with Crippen LogP contribution in [0.5, 0.6) is 0 Å². The van der Waals surface area contributed by atoms with Crippen molar-refractivity contribution in [2.24, 2.45) is 4.99 Å². The van der Waals surface area contributed by atoms with Gasteiger partial charge in [0.05, 0.1) is 22.8 Å². The Balaban J connectivity index is 2.45. The van der Waals surface area contributed by atoms with Gasteiger partial charge in [0.1, 0.15) is 0 Å². The van der Waals surface area contributed by atoms with Gasteiger partial charge < -0.3 is 15.4 Å². The molecule has 0 saturated heterocycles. The number of thiazole rings is 1. The molecule has 0 amide bonds. The van der Waals surface area contributed by atoms with Crippen LogP contribution in [-0.4, -0.2) is 43.3 Å². The van der Waals surface area contributed by atoms with E-state index in [-0.39, 0.29) is 5.60 Å². The maximum Gasteiger partial charge on any atom is 0.191 e. The van der Waals surface area contributed by atoms with Crippen molar-refractivity contribution >= 4 is 17.3 Å². The molecule has 0 aliphatic carbocycles. The number of nitrogens with one attached hydrogen (secondary N) is 2. The van der Waals surface area contributed by atoms with Crippen LogP contribution in [-0.2, 0) is 17.6 Å². The van der Waals surface area contributed by atoms with Gasteiger partial charge in [-0.15, -0.1) is 11.3 Å².